The second-order valence-corrected chi connectivity index (χ2v) is 5.59. The highest BCUT2D eigenvalue weighted by Crippen LogP contribution is 2.23. The normalized spacial score (nSPS) is 10.4. The Kier molecular flexibility index (Phi) is 6.35. The molecule has 0 saturated carbocycles. The predicted molar refractivity (Wildman–Crippen MR) is 93.3 cm³/mol. The highest BCUT2D eigenvalue weighted by Gasteiger charge is 2.16. The molecule has 1 aromatic heterocycles. The number of hydrogen-bond donors (Lipinski definition) is 1. The first-order valence-electron chi connectivity index (χ1n) is 7.78. The van der Waals surface area contributed by atoms with Crippen molar-refractivity contribution >= 4 is 29.0 Å². The number of hydrogen-bond acceptors (Lipinski definition) is 4. The summed E-state index contributed by atoms with van der Waals surface area (Å²) < 4.78 is 0. The van der Waals surface area contributed by atoms with Crippen LogP contribution in [0.5, 0.6) is 0 Å². The van der Waals surface area contributed by atoms with Crippen LogP contribution < -0.4 is 5.32 Å². The molecule has 0 spiro atoms. The maximum Gasteiger partial charge on any atom is 0.272 e. The van der Waals surface area contributed by atoms with Gasteiger partial charge in [0, 0.05) is 19.2 Å². The van der Waals surface area contributed by atoms with Gasteiger partial charge in [-0.1, -0.05) is 37.6 Å². The van der Waals surface area contributed by atoms with E-state index in [1.165, 1.54) is 6.33 Å². The fourth-order valence-corrected chi connectivity index (χ4v) is 2.44. The Bertz CT molecular complexity index is 657. The third kappa shape index (κ3) is 4.66. The predicted octanol–water partition coefficient (Wildman–Crippen LogP) is 4.14. The first-order chi connectivity index (χ1) is 11.2. The minimum atomic E-state index is -0.0710. The average molecular weight is 333 g/mol. The second kappa shape index (κ2) is 8.48. The van der Waals surface area contributed by atoms with Crippen LogP contribution in [0.25, 0.3) is 0 Å². The van der Waals surface area contributed by atoms with Gasteiger partial charge in [0.15, 0.2) is 0 Å². The van der Waals surface area contributed by atoms with Gasteiger partial charge in [-0.15, -0.1) is 0 Å². The molecule has 5 nitrogen and oxygen atoms in total. The van der Waals surface area contributed by atoms with Crippen molar-refractivity contribution in [2.24, 2.45) is 0 Å². The lowest BCUT2D eigenvalue weighted by Gasteiger charge is -2.21. The van der Waals surface area contributed by atoms with E-state index in [9.17, 15) is 4.79 Å². The topological polar surface area (TPSA) is 58.1 Å². The van der Waals surface area contributed by atoms with Crippen LogP contribution in [0, 0.1) is 0 Å². The van der Waals surface area contributed by atoms with Crippen molar-refractivity contribution in [2.75, 3.05) is 18.4 Å². The molecule has 6 heteroatoms. The Hall–Kier alpha value is -2.14. The molecule has 23 heavy (non-hydrogen) atoms. The summed E-state index contributed by atoms with van der Waals surface area (Å²) in [5.74, 6) is 0.475. The SMILES string of the molecule is CCCN(CCC)C(=O)c1cc(Nc2ccccc2Cl)ncn1. The number of halogens is 1. The van der Waals surface area contributed by atoms with Gasteiger partial charge in [-0.25, -0.2) is 9.97 Å². The third-order valence-corrected chi connectivity index (χ3v) is 3.63. The Morgan fingerprint density at radius 1 is 1.17 bits per heavy atom. The lowest BCUT2D eigenvalue weighted by atomic mass is 10.2. The Balaban J connectivity index is 2.18. The monoisotopic (exact) mass is 332 g/mol. The molecule has 122 valence electrons. The van der Waals surface area contributed by atoms with Gasteiger partial charge in [-0.3, -0.25) is 4.79 Å². The molecule has 0 fully saturated rings. The zero-order valence-corrected chi connectivity index (χ0v) is 14.2. The van der Waals surface area contributed by atoms with Crippen molar-refractivity contribution in [2.45, 2.75) is 26.7 Å². The van der Waals surface area contributed by atoms with E-state index >= 15 is 0 Å². The molecule has 0 radical (unpaired) electrons. The Morgan fingerprint density at radius 3 is 2.52 bits per heavy atom. The number of amides is 1. The van der Waals surface area contributed by atoms with Gasteiger partial charge >= 0.3 is 0 Å². The van der Waals surface area contributed by atoms with E-state index in [1.807, 2.05) is 23.1 Å². The fourth-order valence-electron chi connectivity index (χ4n) is 2.26. The number of benzene rings is 1. The summed E-state index contributed by atoms with van der Waals surface area (Å²) in [6.07, 6.45) is 3.23. The minimum absolute atomic E-state index is 0.0710. The smallest absolute Gasteiger partial charge is 0.272 e. The molecule has 0 aliphatic heterocycles. The van der Waals surface area contributed by atoms with Crippen molar-refractivity contribution in [1.29, 1.82) is 0 Å². The van der Waals surface area contributed by atoms with E-state index in [-0.39, 0.29) is 5.91 Å². The van der Waals surface area contributed by atoms with Crippen LogP contribution in [0.3, 0.4) is 0 Å². The molecule has 0 atom stereocenters. The molecule has 2 aromatic rings. The molecule has 0 aliphatic rings. The van der Waals surface area contributed by atoms with Crippen molar-refractivity contribution in [1.82, 2.24) is 14.9 Å². The number of nitrogens with one attached hydrogen (secondary N) is 1. The van der Waals surface area contributed by atoms with Crippen molar-refractivity contribution < 1.29 is 4.79 Å². The number of para-hydroxylation sites is 1. The fraction of sp³-hybridized carbons (Fsp3) is 0.353. The van der Waals surface area contributed by atoms with Gasteiger partial charge in [0.1, 0.15) is 17.8 Å². The third-order valence-electron chi connectivity index (χ3n) is 3.30. The van der Waals surface area contributed by atoms with Crippen LogP contribution in [0.15, 0.2) is 36.7 Å². The molecule has 1 aromatic carbocycles. The Morgan fingerprint density at radius 2 is 1.87 bits per heavy atom. The number of carbonyl (C=O) groups excluding carboxylic acids is 1. The van der Waals surface area contributed by atoms with Crippen LogP contribution in [-0.2, 0) is 0 Å². The summed E-state index contributed by atoms with van der Waals surface area (Å²) in [4.78, 5) is 22.7. The van der Waals surface area contributed by atoms with Gasteiger partial charge in [0.2, 0.25) is 0 Å². The summed E-state index contributed by atoms with van der Waals surface area (Å²) >= 11 is 6.13. The quantitative estimate of drug-likeness (QED) is 0.828. The molecule has 0 unspecified atom stereocenters. The first kappa shape index (κ1) is 17.2. The molecule has 2 rings (SSSR count). The summed E-state index contributed by atoms with van der Waals surface area (Å²) in [5, 5.41) is 3.71. The summed E-state index contributed by atoms with van der Waals surface area (Å²) in [6.45, 7) is 5.56. The molecule has 0 saturated heterocycles. The maximum atomic E-state index is 12.6. The van der Waals surface area contributed by atoms with E-state index in [4.69, 9.17) is 11.6 Å². The largest absolute Gasteiger partial charge is 0.339 e. The molecule has 1 amide bonds. The summed E-state index contributed by atoms with van der Waals surface area (Å²) in [5.41, 5.74) is 1.13. The molecule has 0 aliphatic carbocycles. The summed E-state index contributed by atoms with van der Waals surface area (Å²) in [7, 11) is 0. The second-order valence-electron chi connectivity index (χ2n) is 5.19. The standard InChI is InChI=1S/C17H21ClN4O/c1-3-9-22(10-4-2)17(23)15-11-16(20-12-19-15)21-14-8-6-5-7-13(14)18/h5-8,11-12H,3-4,9-10H2,1-2H3,(H,19,20,21). The van der Waals surface area contributed by atoms with Gasteiger partial charge in [0.05, 0.1) is 10.7 Å². The molecule has 0 bridgehead atoms. The lowest BCUT2D eigenvalue weighted by Crippen LogP contribution is -2.33. The highest BCUT2D eigenvalue weighted by molar-refractivity contribution is 6.33. The van der Waals surface area contributed by atoms with Gasteiger partial charge in [-0.2, -0.15) is 0 Å². The summed E-state index contributed by atoms with van der Waals surface area (Å²) in [6, 6.07) is 9.04. The maximum absolute atomic E-state index is 12.6. The van der Waals surface area contributed by atoms with Crippen LogP contribution in [0.4, 0.5) is 11.5 Å². The van der Waals surface area contributed by atoms with Gasteiger partial charge in [-0.05, 0) is 25.0 Å². The van der Waals surface area contributed by atoms with Crippen molar-refractivity contribution in [3.63, 3.8) is 0 Å². The van der Waals surface area contributed by atoms with Crippen LogP contribution in [-0.4, -0.2) is 33.9 Å². The number of anilines is 2. The van der Waals surface area contributed by atoms with Gasteiger partial charge < -0.3 is 10.2 Å². The van der Waals surface area contributed by atoms with E-state index < -0.39 is 0 Å². The number of rotatable bonds is 7. The molecule has 1 N–H and O–H groups in total. The van der Waals surface area contributed by atoms with E-state index in [1.54, 1.807) is 12.1 Å². The number of carbonyl (C=O) groups is 1. The average Bonchev–Trinajstić information content (AvgIpc) is 2.56. The zero-order valence-electron chi connectivity index (χ0n) is 13.4. The Labute approximate surface area is 141 Å². The molecule has 1 heterocycles. The number of aromatic nitrogens is 2. The number of nitrogens with zero attached hydrogens (tertiary/aromatic N) is 3. The van der Waals surface area contributed by atoms with Crippen molar-refractivity contribution in [3.8, 4) is 0 Å². The molecular weight excluding hydrogens is 312 g/mol. The van der Waals surface area contributed by atoms with Crippen LogP contribution in [0.2, 0.25) is 5.02 Å². The van der Waals surface area contributed by atoms with Crippen molar-refractivity contribution in [3.05, 3.63) is 47.4 Å². The lowest BCUT2D eigenvalue weighted by molar-refractivity contribution is 0.0749. The van der Waals surface area contributed by atoms with E-state index in [0.29, 0.717) is 16.5 Å². The van der Waals surface area contributed by atoms with Crippen LogP contribution >= 0.6 is 11.6 Å². The van der Waals surface area contributed by atoms with Gasteiger partial charge in [0.25, 0.3) is 5.91 Å². The first-order valence-corrected chi connectivity index (χ1v) is 8.16. The van der Waals surface area contributed by atoms with E-state index in [0.717, 1.165) is 31.6 Å². The van der Waals surface area contributed by atoms with E-state index in [2.05, 4.69) is 29.1 Å². The zero-order chi connectivity index (χ0) is 16.7. The minimum Gasteiger partial charge on any atom is -0.339 e. The highest BCUT2D eigenvalue weighted by atomic mass is 35.5. The molecular formula is C17H21ClN4O. The van der Waals surface area contributed by atoms with Crippen LogP contribution in [0.1, 0.15) is 37.2 Å².